The van der Waals surface area contributed by atoms with E-state index in [1.807, 2.05) is 6.92 Å². The SMILES string of the molecule is CC(=O)Nc1ccc(NC(=O)[C@H](C)[NH2+][C@H](c2ccc(C(C)(C)C)cc2)C(C)C)cc1. The van der Waals surface area contributed by atoms with Gasteiger partial charge in [-0.05, 0) is 42.2 Å². The van der Waals surface area contributed by atoms with Crippen LogP contribution in [0.3, 0.4) is 0 Å². The van der Waals surface area contributed by atoms with Gasteiger partial charge in [0.05, 0.1) is 0 Å². The Balaban J connectivity index is 2.04. The molecule has 0 bridgehead atoms. The van der Waals surface area contributed by atoms with E-state index in [2.05, 4.69) is 74.8 Å². The average Bonchev–Trinajstić information content (AvgIpc) is 2.66. The number of quaternary nitrogens is 1. The molecular formula is C25H36N3O2+. The van der Waals surface area contributed by atoms with Gasteiger partial charge >= 0.3 is 0 Å². The Labute approximate surface area is 180 Å². The maximum Gasteiger partial charge on any atom is 0.282 e. The Morgan fingerprint density at radius 1 is 0.833 bits per heavy atom. The zero-order valence-corrected chi connectivity index (χ0v) is 19.2. The van der Waals surface area contributed by atoms with Crippen molar-refractivity contribution >= 4 is 23.2 Å². The lowest BCUT2D eigenvalue weighted by Crippen LogP contribution is -2.93. The van der Waals surface area contributed by atoms with Gasteiger partial charge in [-0.2, -0.15) is 0 Å². The molecule has 0 unspecified atom stereocenters. The summed E-state index contributed by atoms with van der Waals surface area (Å²) in [6.45, 7) is 14.4. The van der Waals surface area contributed by atoms with Crippen molar-refractivity contribution in [1.29, 1.82) is 0 Å². The van der Waals surface area contributed by atoms with Crippen molar-refractivity contribution < 1.29 is 14.9 Å². The largest absolute Gasteiger partial charge is 0.330 e. The molecule has 5 nitrogen and oxygen atoms in total. The van der Waals surface area contributed by atoms with Gasteiger partial charge < -0.3 is 16.0 Å². The van der Waals surface area contributed by atoms with Gasteiger partial charge in [0.2, 0.25) is 5.91 Å². The fourth-order valence-electron chi connectivity index (χ4n) is 3.42. The summed E-state index contributed by atoms with van der Waals surface area (Å²) in [6, 6.07) is 15.9. The number of rotatable bonds is 7. The Bertz CT molecular complexity index is 849. The van der Waals surface area contributed by atoms with E-state index >= 15 is 0 Å². The van der Waals surface area contributed by atoms with Gasteiger partial charge in [0.1, 0.15) is 6.04 Å². The molecule has 0 saturated carbocycles. The predicted molar refractivity (Wildman–Crippen MR) is 123 cm³/mol. The number of anilines is 2. The molecule has 0 aliphatic heterocycles. The second-order valence-electron chi connectivity index (χ2n) is 9.37. The highest BCUT2D eigenvalue weighted by atomic mass is 16.2. The summed E-state index contributed by atoms with van der Waals surface area (Å²) in [5.74, 6) is 0.224. The van der Waals surface area contributed by atoms with Crippen molar-refractivity contribution in [2.45, 2.75) is 66.0 Å². The molecule has 162 valence electrons. The van der Waals surface area contributed by atoms with Crippen molar-refractivity contribution in [3.8, 4) is 0 Å². The standard InChI is InChI=1S/C25H35N3O2/c1-16(2)23(19-8-10-20(11-9-19)25(5,6)7)26-17(3)24(30)28-22-14-12-21(13-15-22)27-18(4)29/h8-17,23,26H,1-7H3,(H,27,29)(H,28,30)/p+1/t17-,23-/m0/s1. The first-order valence-corrected chi connectivity index (χ1v) is 10.6. The number of nitrogens with one attached hydrogen (secondary N) is 2. The molecule has 2 aromatic rings. The zero-order chi connectivity index (χ0) is 22.5. The molecule has 0 aliphatic rings. The molecule has 4 N–H and O–H groups in total. The van der Waals surface area contributed by atoms with Crippen molar-refractivity contribution in [1.82, 2.24) is 0 Å². The molecule has 2 atom stereocenters. The molecule has 5 heteroatoms. The summed E-state index contributed by atoms with van der Waals surface area (Å²) in [6.07, 6.45) is 0. The molecular weight excluding hydrogens is 374 g/mol. The van der Waals surface area contributed by atoms with E-state index in [0.29, 0.717) is 17.3 Å². The summed E-state index contributed by atoms with van der Waals surface area (Å²) in [7, 11) is 0. The number of hydrogen-bond donors (Lipinski definition) is 3. The van der Waals surface area contributed by atoms with Crippen molar-refractivity contribution in [2.24, 2.45) is 5.92 Å². The van der Waals surface area contributed by atoms with Crippen LogP contribution in [-0.2, 0) is 15.0 Å². The van der Waals surface area contributed by atoms with Crippen molar-refractivity contribution in [3.05, 3.63) is 59.7 Å². The normalized spacial score (nSPS) is 13.6. The monoisotopic (exact) mass is 410 g/mol. The topological polar surface area (TPSA) is 74.8 Å². The quantitative estimate of drug-likeness (QED) is 0.639. The van der Waals surface area contributed by atoms with Gasteiger partial charge in [0.15, 0.2) is 6.04 Å². The molecule has 0 radical (unpaired) electrons. The van der Waals surface area contributed by atoms with Crippen LogP contribution in [0.1, 0.15) is 65.6 Å². The van der Waals surface area contributed by atoms with Crippen LogP contribution in [-0.4, -0.2) is 17.9 Å². The lowest BCUT2D eigenvalue weighted by Gasteiger charge is -2.25. The first-order chi connectivity index (χ1) is 14.0. The van der Waals surface area contributed by atoms with E-state index < -0.39 is 0 Å². The van der Waals surface area contributed by atoms with E-state index in [-0.39, 0.29) is 29.3 Å². The number of carbonyl (C=O) groups excluding carboxylic acids is 2. The molecule has 0 saturated heterocycles. The fraction of sp³-hybridized carbons (Fsp3) is 0.440. The van der Waals surface area contributed by atoms with Gasteiger partial charge in [-0.25, -0.2) is 0 Å². The third kappa shape index (κ3) is 6.70. The van der Waals surface area contributed by atoms with Gasteiger partial charge in [-0.1, -0.05) is 58.9 Å². The average molecular weight is 411 g/mol. The molecule has 30 heavy (non-hydrogen) atoms. The van der Waals surface area contributed by atoms with E-state index in [1.165, 1.54) is 18.1 Å². The van der Waals surface area contributed by atoms with Gasteiger partial charge in [-0.15, -0.1) is 0 Å². The Kier molecular flexibility index (Phi) is 7.79. The lowest BCUT2D eigenvalue weighted by atomic mass is 9.85. The van der Waals surface area contributed by atoms with Gasteiger partial charge in [0.25, 0.3) is 5.91 Å². The van der Waals surface area contributed by atoms with Crippen LogP contribution in [0.25, 0.3) is 0 Å². The fourth-order valence-corrected chi connectivity index (χ4v) is 3.42. The third-order valence-electron chi connectivity index (χ3n) is 5.26. The minimum atomic E-state index is -0.241. The summed E-state index contributed by atoms with van der Waals surface area (Å²) >= 11 is 0. The number of benzene rings is 2. The summed E-state index contributed by atoms with van der Waals surface area (Å²) in [4.78, 5) is 23.9. The Hall–Kier alpha value is -2.66. The number of carbonyl (C=O) groups is 2. The summed E-state index contributed by atoms with van der Waals surface area (Å²) in [5, 5.41) is 7.82. The van der Waals surface area contributed by atoms with Crippen LogP contribution in [0, 0.1) is 5.92 Å². The second kappa shape index (κ2) is 9.90. The van der Waals surface area contributed by atoms with Crippen LogP contribution in [0.4, 0.5) is 11.4 Å². The van der Waals surface area contributed by atoms with Crippen LogP contribution in [0.15, 0.2) is 48.5 Å². The molecule has 2 rings (SSSR count). The molecule has 0 heterocycles. The maximum absolute atomic E-state index is 12.7. The molecule has 0 spiro atoms. The van der Waals surface area contributed by atoms with Crippen molar-refractivity contribution in [3.63, 3.8) is 0 Å². The maximum atomic E-state index is 12.7. The molecule has 2 aromatic carbocycles. The van der Waals surface area contributed by atoms with Crippen LogP contribution in [0.2, 0.25) is 0 Å². The molecule has 0 aliphatic carbocycles. The summed E-state index contributed by atoms with van der Waals surface area (Å²) in [5.41, 5.74) is 4.08. The van der Waals surface area contributed by atoms with E-state index in [4.69, 9.17) is 0 Å². The zero-order valence-electron chi connectivity index (χ0n) is 19.2. The first-order valence-electron chi connectivity index (χ1n) is 10.6. The third-order valence-corrected chi connectivity index (χ3v) is 5.26. The highest BCUT2D eigenvalue weighted by Gasteiger charge is 2.26. The van der Waals surface area contributed by atoms with Crippen LogP contribution < -0.4 is 16.0 Å². The number of hydrogen-bond acceptors (Lipinski definition) is 2. The predicted octanol–water partition coefficient (Wildman–Crippen LogP) is 4.23. The first kappa shape index (κ1) is 23.6. The molecule has 0 fully saturated rings. The highest BCUT2D eigenvalue weighted by Crippen LogP contribution is 2.25. The highest BCUT2D eigenvalue weighted by molar-refractivity contribution is 5.94. The minimum absolute atomic E-state index is 0.0424. The Morgan fingerprint density at radius 2 is 1.33 bits per heavy atom. The van der Waals surface area contributed by atoms with E-state index in [0.717, 1.165) is 0 Å². The molecule has 2 amide bonds. The second-order valence-corrected chi connectivity index (χ2v) is 9.37. The van der Waals surface area contributed by atoms with E-state index in [1.54, 1.807) is 24.3 Å². The Morgan fingerprint density at radius 3 is 1.77 bits per heavy atom. The summed E-state index contributed by atoms with van der Waals surface area (Å²) < 4.78 is 0. The van der Waals surface area contributed by atoms with Gasteiger partial charge in [-0.3, -0.25) is 9.59 Å². The van der Waals surface area contributed by atoms with Crippen LogP contribution >= 0.6 is 0 Å². The lowest BCUT2D eigenvalue weighted by molar-refractivity contribution is -0.718. The number of nitrogens with two attached hydrogens (primary N) is 1. The van der Waals surface area contributed by atoms with Gasteiger partial charge in [0, 0.05) is 29.8 Å². The van der Waals surface area contributed by atoms with Crippen molar-refractivity contribution in [2.75, 3.05) is 10.6 Å². The van der Waals surface area contributed by atoms with E-state index in [9.17, 15) is 9.59 Å². The smallest absolute Gasteiger partial charge is 0.282 e. The molecule has 0 aromatic heterocycles. The minimum Gasteiger partial charge on any atom is -0.330 e. The van der Waals surface area contributed by atoms with Crippen LogP contribution in [0.5, 0.6) is 0 Å². The number of amides is 2.